The van der Waals surface area contributed by atoms with Gasteiger partial charge in [0.05, 0.1) is 5.56 Å². The molecule has 150 valence electrons. The van der Waals surface area contributed by atoms with Crippen LogP contribution in [0, 0.1) is 11.8 Å². The Labute approximate surface area is 164 Å². The summed E-state index contributed by atoms with van der Waals surface area (Å²) in [6.07, 6.45) is 5.80. The van der Waals surface area contributed by atoms with Gasteiger partial charge in [-0.05, 0) is 69.1 Å². The fourth-order valence-corrected chi connectivity index (χ4v) is 4.20. The predicted molar refractivity (Wildman–Crippen MR) is 105 cm³/mol. The van der Waals surface area contributed by atoms with E-state index in [1.807, 2.05) is 18.2 Å². The Morgan fingerprint density at radius 2 is 1.93 bits per heavy atom. The van der Waals surface area contributed by atoms with Gasteiger partial charge in [-0.2, -0.15) is 0 Å². The Morgan fingerprint density at radius 1 is 1.18 bits per heavy atom. The second-order valence-electron chi connectivity index (χ2n) is 8.52. The zero-order valence-electron chi connectivity index (χ0n) is 16.2. The molecule has 0 spiro atoms. The molecule has 0 saturated heterocycles. The van der Waals surface area contributed by atoms with Crippen LogP contribution in [0.5, 0.6) is 0 Å². The minimum atomic E-state index is -2.24. The molecule has 2 aromatic heterocycles. The van der Waals surface area contributed by atoms with Crippen LogP contribution in [0.25, 0.3) is 11.0 Å². The Bertz CT molecular complexity index is 845. The summed E-state index contributed by atoms with van der Waals surface area (Å²) in [5.41, 5.74) is 2.33. The highest BCUT2D eigenvalue weighted by molar-refractivity contribution is 5.97. The van der Waals surface area contributed by atoms with Crippen molar-refractivity contribution in [1.82, 2.24) is 15.3 Å². The van der Waals surface area contributed by atoms with E-state index >= 15 is 0 Å². The minimum Gasteiger partial charge on any atom is -0.349 e. The molecule has 2 saturated carbocycles. The molecule has 1 unspecified atom stereocenters. The maximum atomic E-state index is 12.7. The first-order valence-electron chi connectivity index (χ1n) is 10.4. The van der Waals surface area contributed by atoms with Crippen molar-refractivity contribution in [2.45, 2.75) is 70.3 Å². The Balaban J connectivity index is 1.33. The number of alkyl halides is 2. The van der Waals surface area contributed by atoms with Gasteiger partial charge in [-0.3, -0.25) is 4.79 Å². The predicted octanol–water partition coefficient (Wildman–Crippen LogP) is 5.09. The average Bonchev–Trinajstić information content (AvgIpc) is 3.54. The van der Waals surface area contributed by atoms with Crippen LogP contribution in [0.15, 0.2) is 24.4 Å². The summed E-state index contributed by atoms with van der Waals surface area (Å²) in [6, 6.07) is 5.98. The van der Waals surface area contributed by atoms with Crippen LogP contribution < -0.4 is 5.32 Å². The summed E-state index contributed by atoms with van der Waals surface area (Å²) >= 11 is 0. The lowest BCUT2D eigenvalue weighted by atomic mass is 9.81. The van der Waals surface area contributed by atoms with Gasteiger partial charge in [0, 0.05) is 35.2 Å². The van der Waals surface area contributed by atoms with Crippen LogP contribution in [0.1, 0.15) is 73.8 Å². The first-order chi connectivity index (χ1) is 13.5. The number of nitrogens with one attached hydrogen (secondary N) is 1. The molecule has 1 N–H and O–H groups in total. The lowest BCUT2D eigenvalue weighted by molar-refractivity contribution is 0.0665. The van der Waals surface area contributed by atoms with E-state index in [-0.39, 0.29) is 11.9 Å². The van der Waals surface area contributed by atoms with Gasteiger partial charge in [0.15, 0.2) is 5.65 Å². The largest absolute Gasteiger partial charge is 0.349 e. The van der Waals surface area contributed by atoms with Crippen molar-refractivity contribution in [3.8, 4) is 0 Å². The second kappa shape index (κ2) is 8.10. The maximum absolute atomic E-state index is 12.7. The molecule has 0 aliphatic heterocycles. The Kier molecular flexibility index (Phi) is 5.56. The molecule has 4 rings (SSSR count). The minimum absolute atomic E-state index is 0.108. The summed E-state index contributed by atoms with van der Waals surface area (Å²) in [4.78, 5) is 21.6. The van der Waals surface area contributed by atoms with Crippen LogP contribution in [-0.4, -0.2) is 28.3 Å². The van der Waals surface area contributed by atoms with E-state index in [4.69, 9.17) is 0 Å². The zero-order valence-corrected chi connectivity index (χ0v) is 16.2. The number of pyridine rings is 2. The van der Waals surface area contributed by atoms with Crippen LogP contribution in [-0.2, 0) is 0 Å². The third-order valence-corrected chi connectivity index (χ3v) is 6.14. The molecular formula is C22H27F2N3O. The van der Waals surface area contributed by atoms with Crippen molar-refractivity contribution in [1.29, 1.82) is 0 Å². The Morgan fingerprint density at radius 3 is 2.61 bits per heavy atom. The van der Waals surface area contributed by atoms with Gasteiger partial charge in [-0.1, -0.05) is 6.92 Å². The number of hydrogen-bond acceptors (Lipinski definition) is 3. The summed E-state index contributed by atoms with van der Waals surface area (Å²) in [5, 5.41) is 3.97. The van der Waals surface area contributed by atoms with Crippen molar-refractivity contribution in [2.75, 3.05) is 0 Å². The number of fused-ring (bicyclic) bond motifs is 1. The summed E-state index contributed by atoms with van der Waals surface area (Å²) in [5.74, 6) is 0.248. The van der Waals surface area contributed by atoms with Crippen LogP contribution in [0.3, 0.4) is 0 Å². The molecule has 1 amide bonds. The number of carbonyl (C=O) groups is 1. The lowest BCUT2D eigenvalue weighted by Gasteiger charge is -2.30. The van der Waals surface area contributed by atoms with Crippen LogP contribution >= 0.6 is 0 Å². The average molecular weight is 387 g/mol. The van der Waals surface area contributed by atoms with Crippen LogP contribution in [0.4, 0.5) is 8.78 Å². The number of nitrogens with zero attached hydrogens (tertiary/aromatic N) is 2. The quantitative estimate of drug-likeness (QED) is 0.751. The highest BCUT2D eigenvalue weighted by Crippen LogP contribution is 2.39. The third kappa shape index (κ3) is 4.47. The van der Waals surface area contributed by atoms with Crippen molar-refractivity contribution >= 4 is 16.9 Å². The van der Waals surface area contributed by atoms with Gasteiger partial charge in [0.1, 0.15) is 0 Å². The fraction of sp³-hybridized carbons (Fsp3) is 0.591. The second-order valence-corrected chi connectivity index (χ2v) is 8.52. The monoisotopic (exact) mass is 387 g/mol. The van der Waals surface area contributed by atoms with E-state index in [1.54, 1.807) is 13.1 Å². The summed E-state index contributed by atoms with van der Waals surface area (Å²) in [6.45, 7) is 1.62. The van der Waals surface area contributed by atoms with Gasteiger partial charge < -0.3 is 5.32 Å². The van der Waals surface area contributed by atoms with Gasteiger partial charge in [-0.25, -0.2) is 18.7 Å². The topological polar surface area (TPSA) is 54.9 Å². The smallest absolute Gasteiger partial charge is 0.253 e. The molecule has 2 aliphatic rings. The molecule has 6 heteroatoms. The number of halogens is 2. The summed E-state index contributed by atoms with van der Waals surface area (Å²) in [7, 11) is 0. The molecule has 0 bridgehead atoms. The van der Waals surface area contributed by atoms with Crippen LogP contribution in [0.2, 0.25) is 0 Å². The summed E-state index contributed by atoms with van der Waals surface area (Å²) < 4.78 is 25.5. The molecule has 1 atom stereocenters. The van der Waals surface area contributed by atoms with E-state index in [2.05, 4.69) is 15.3 Å². The highest BCUT2D eigenvalue weighted by atomic mass is 19.3. The molecular weight excluding hydrogens is 360 g/mol. The van der Waals surface area contributed by atoms with E-state index in [0.717, 1.165) is 36.8 Å². The molecule has 0 radical (unpaired) electrons. The fourth-order valence-electron chi connectivity index (χ4n) is 4.20. The van der Waals surface area contributed by atoms with Gasteiger partial charge in [0.25, 0.3) is 5.91 Å². The number of rotatable bonds is 6. The molecule has 28 heavy (non-hydrogen) atoms. The number of amides is 1. The van der Waals surface area contributed by atoms with Gasteiger partial charge in [0.2, 0.25) is 6.43 Å². The highest BCUT2D eigenvalue weighted by Gasteiger charge is 2.27. The van der Waals surface area contributed by atoms with Crippen molar-refractivity contribution < 1.29 is 13.6 Å². The zero-order chi connectivity index (χ0) is 19.7. The standard InChI is InChI=1S/C22H27F2N3O/c1-13(20(23)24)10-14-2-7-18(8-3-14)26-22(28)17-11-16-6-9-19(15-4-5-15)27-21(16)25-12-17/h6,9,11-15,18,20H,2-5,7-8,10H2,1H3,(H,26,28). The lowest BCUT2D eigenvalue weighted by Crippen LogP contribution is -2.38. The van der Waals surface area contributed by atoms with E-state index in [0.29, 0.717) is 29.5 Å². The number of carbonyl (C=O) groups excluding carboxylic acids is 1. The molecule has 2 aromatic rings. The molecule has 4 nitrogen and oxygen atoms in total. The maximum Gasteiger partial charge on any atom is 0.253 e. The van der Waals surface area contributed by atoms with Crippen molar-refractivity contribution in [3.63, 3.8) is 0 Å². The normalized spacial score (nSPS) is 23.7. The van der Waals surface area contributed by atoms with Gasteiger partial charge in [-0.15, -0.1) is 0 Å². The first-order valence-corrected chi connectivity index (χ1v) is 10.4. The number of aromatic nitrogens is 2. The Hall–Kier alpha value is -2.11. The number of hydrogen-bond donors (Lipinski definition) is 1. The van der Waals surface area contributed by atoms with E-state index < -0.39 is 12.3 Å². The van der Waals surface area contributed by atoms with Crippen molar-refractivity contribution in [3.05, 3.63) is 35.7 Å². The molecule has 0 aromatic carbocycles. The van der Waals surface area contributed by atoms with E-state index in [9.17, 15) is 13.6 Å². The SMILES string of the molecule is CC(CC1CCC(NC(=O)c2cnc3nc(C4CC4)ccc3c2)CC1)C(F)F. The molecule has 2 heterocycles. The molecule has 2 fully saturated rings. The van der Waals surface area contributed by atoms with Crippen molar-refractivity contribution in [2.24, 2.45) is 11.8 Å². The first kappa shape index (κ1) is 19.2. The van der Waals surface area contributed by atoms with Gasteiger partial charge >= 0.3 is 0 Å². The van der Waals surface area contributed by atoms with E-state index in [1.165, 1.54) is 12.8 Å². The third-order valence-electron chi connectivity index (χ3n) is 6.14. The molecule has 2 aliphatic carbocycles.